The van der Waals surface area contributed by atoms with E-state index in [0.717, 1.165) is 31.5 Å². The second-order valence-electron chi connectivity index (χ2n) is 4.96. The van der Waals surface area contributed by atoms with Crippen molar-refractivity contribution in [2.45, 2.75) is 33.3 Å². The standard InChI is InChI=1S/C10H21NO/c1-8-5-11(6-9(8)2)7-10(3,4)12/h8-9,12H,5-7H2,1-4H3. The van der Waals surface area contributed by atoms with Crippen LogP contribution in [0.5, 0.6) is 0 Å². The molecule has 1 heterocycles. The van der Waals surface area contributed by atoms with Crippen molar-refractivity contribution in [3.63, 3.8) is 0 Å². The van der Waals surface area contributed by atoms with Crippen LogP contribution in [0.1, 0.15) is 27.7 Å². The second kappa shape index (κ2) is 3.35. The van der Waals surface area contributed by atoms with Crippen LogP contribution in [-0.4, -0.2) is 35.2 Å². The van der Waals surface area contributed by atoms with E-state index < -0.39 is 5.60 Å². The molecule has 1 aliphatic rings. The molecule has 0 spiro atoms. The average Bonchev–Trinajstić information content (AvgIpc) is 2.07. The number of hydrogen-bond donors (Lipinski definition) is 1. The van der Waals surface area contributed by atoms with Crippen molar-refractivity contribution < 1.29 is 5.11 Å². The molecule has 1 fully saturated rings. The van der Waals surface area contributed by atoms with Gasteiger partial charge in [-0.15, -0.1) is 0 Å². The van der Waals surface area contributed by atoms with E-state index in [2.05, 4.69) is 18.7 Å². The molecule has 2 heteroatoms. The molecule has 0 aromatic heterocycles. The minimum absolute atomic E-state index is 0.538. The molecule has 1 aliphatic heterocycles. The van der Waals surface area contributed by atoms with Gasteiger partial charge in [-0.2, -0.15) is 0 Å². The first kappa shape index (κ1) is 10.0. The maximum Gasteiger partial charge on any atom is 0.0718 e. The summed E-state index contributed by atoms with van der Waals surface area (Å²) in [6.07, 6.45) is 0. The van der Waals surface area contributed by atoms with Gasteiger partial charge in [0.05, 0.1) is 5.60 Å². The summed E-state index contributed by atoms with van der Waals surface area (Å²) in [6.45, 7) is 11.4. The molecule has 72 valence electrons. The summed E-state index contributed by atoms with van der Waals surface area (Å²) >= 11 is 0. The van der Waals surface area contributed by atoms with Crippen molar-refractivity contribution in [3.8, 4) is 0 Å². The molecule has 1 rings (SSSR count). The first-order valence-electron chi connectivity index (χ1n) is 4.83. The Balaban J connectivity index is 2.38. The normalized spacial score (nSPS) is 32.8. The minimum Gasteiger partial charge on any atom is -0.389 e. The molecule has 1 N–H and O–H groups in total. The summed E-state index contributed by atoms with van der Waals surface area (Å²) in [5.41, 5.74) is -0.538. The number of β-amino-alcohol motifs (C(OH)–C–C–N with tert-alkyl or cyclic N) is 1. The third-order valence-electron chi connectivity index (χ3n) is 2.67. The summed E-state index contributed by atoms with van der Waals surface area (Å²) in [4.78, 5) is 2.36. The summed E-state index contributed by atoms with van der Waals surface area (Å²) in [5, 5.41) is 9.61. The Morgan fingerprint density at radius 3 is 2.00 bits per heavy atom. The molecule has 12 heavy (non-hydrogen) atoms. The minimum atomic E-state index is -0.538. The molecule has 0 aliphatic carbocycles. The second-order valence-corrected chi connectivity index (χ2v) is 4.96. The SMILES string of the molecule is CC1CN(CC(C)(C)O)CC1C. The molecule has 1 saturated heterocycles. The predicted molar refractivity (Wildman–Crippen MR) is 51.1 cm³/mol. The topological polar surface area (TPSA) is 23.5 Å². The van der Waals surface area contributed by atoms with Gasteiger partial charge in [0.15, 0.2) is 0 Å². The number of nitrogens with zero attached hydrogens (tertiary/aromatic N) is 1. The number of likely N-dealkylation sites (tertiary alicyclic amines) is 1. The van der Waals surface area contributed by atoms with Crippen LogP contribution < -0.4 is 0 Å². The molecule has 0 radical (unpaired) electrons. The smallest absolute Gasteiger partial charge is 0.0718 e. The van der Waals surface area contributed by atoms with Crippen LogP contribution in [0, 0.1) is 11.8 Å². The van der Waals surface area contributed by atoms with Gasteiger partial charge in [0.1, 0.15) is 0 Å². The van der Waals surface area contributed by atoms with E-state index >= 15 is 0 Å². The highest BCUT2D eigenvalue weighted by atomic mass is 16.3. The summed E-state index contributed by atoms with van der Waals surface area (Å²) < 4.78 is 0. The lowest BCUT2D eigenvalue weighted by Gasteiger charge is -2.24. The van der Waals surface area contributed by atoms with Crippen LogP contribution >= 0.6 is 0 Å². The van der Waals surface area contributed by atoms with Crippen molar-refractivity contribution in [3.05, 3.63) is 0 Å². The maximum atomic E-state index is 9.61. The third kappa shape index (κ3) is 2.76. The monoisotopic (exact) mass is 171 g/mol. The highest BCUT2D eigenvalue weighted by Crippen LogP contribution is 2.23. The fourth-order valence-electron chi connectivity index (χ4n) is 1.93. The highest BCUT2D eigenvalue weighted by Gasteiger charge is 2.29. The Morgan fingerprint density at radius 2 is 1.67 bits per heavy atom. The van der Waals surface area contributed by atoms with E-state index in [-0.39, 0.29) is 0 Å². The predicted octanol–water partition coefficient (Wildman–Crippen LogP) is 1.35. The van der Waals surface area contributed by atoms with Crippen molar-refractivity contribution in [1.29, 1.82) is 0 Å². The zero-order chi connectivity index (χ0) is 9.35. The molecule has 2 nitrogen and oxygen atoms in total. The summed E-state index contributed by atoms with van der Waals surface area (Å²) in [6, 6.07) is 0. The van der Waals surface area contributed by atoms with Crippen molar-refractivity contribution in [1.82, 2.24) is 4.90 Å². The van der Waals surface area contributed by atoms with E-state index in [4.69, 9.17) is 0 Å². The molecule has 2 atom stereocenters. The van der Waals surface area contributed by atoms with Crippen LogP contribution in [0.4, 0.5) is 0 Å². The van der Waals surface area contributed by atoms with Gasteiger partial charge in [-0.3, -0.25) is 4.90 Å². The fraction of sp³-hybridized carbons (Fsp3) is 1.00. The zero-order valence-corrected chi connectivity index (χ0v) is 8.67. The van der Waals surface area contributed by atoms with Crippen LogP contribution in [0.25, 0.3) is 0 Å². The molecule has 0 saturated carbocycles. The van der Waals surface area contributed by atoms with Crippen molar-refractivity contribution >= 4 is 0 Å². The zero-order valence-electron chi connectivity index (χ0n) is 8.67. The number of aliphatic hydroxyl groups is 1. The molecule has 0 amide bonds. The van der Waals surface area contributed by atoms with E-state index in [0.29, 0.717) is 0 Å². The lowest BCUT2D eigenvalue weighted by molar-refractivity contribution is 0.0424. The summed E-state index contributed by atoms with van der Waals surface area (Å²) in [5.74, 6) is 1.57. The van der Waals surface area contributed by atoms with Crippen LogP contribution in [-0.2, 0) is 0 Å². The summed E-state index contributed by atoms with van der Waals surface area (Å²) in [7, 11) is 0. The fourth-order valence-corrected chi connectivity index (χ4v) is 1.93. The van der Waals surface area contributed by atoms with Gasteiger partial charge in [-0.05, 0) is 25.7 Å². The van der Waals surface area contributed by atoms with Gasteiger partial charge in [-0.1, -0.05) is 13.8 Å². The van der Waals surface area contributed by atoms with Crippen molar-refractivity contribution in [2.24, 2.45) is 11.8 Å². The Bertz CT molecular complexity index is 140. The number of hydrogen-bond acceptors (Lipinski definition) is 2. The van der Waals surface area contributed by atoms with E-state index in [1.807, 2.05) is 13.8 Å². The van der Waals surface area contributed by atoms with E-state index in [1.54, 1.807) is 0 Å². The Morgan fingerprint density at radius 1 is 1.25 bits per heavy atom. The molecule has 0 bridgehead atoms. The maximum absolute atomic E-state index is 9.61. The van der Waals surface area contributed by atoms with Crippen LogP contribution in [0.15, 0.2) is 0 Å². The van der Waals surface area contributed by atoms with Gasteiger partial charge in [-0.25, -0.2) is 0 Å². The van der Waals surface area contributed by atoms with Gasteiger partial charge >= 0.3 is 0 Å². The first-order valence-corrected chi connectivity index (χ1v) is 4.83. The first-order chi connectivity index (χ1) is 5.38. The number of rotatable bonds is 2. The van der Waals surface area contributed by atoms with Gasteiger partial charge in [0.2, 0.25) is 0 Å². The van der Waals surface area contributed by atoms with E-state index in [1.165, 1.54) is 0 Å². The Labute approximate surface area is 75.6 Å². The van der Waals surface area contributed by atoms with E-state index in [9.17, 15) is 5.11 Å². The van der Waals surface area contributed by atoms with Gasteiger partial charge in [0, 0.05) is 19.6 Å². The lowest BCUT2D eigenvalue weighted by Crippen LogP contribution is -2.37. The van der Waals surface area contributed by atoms with Crippen LogP contribution in [0.2, 0.25) is 0 Å². The molecule has 0 aromatic carbocycles. The van der Waals surface area contributed by atoms with Gasteiger partial charge < -0.3 is 5.11 Å². The molecular weight excluding hydrogens is 150 g/mol. The van der Waals surface area contributed by atoms with Crippen molar-refractivity contribution in [2.75, 3.05) is 19.6 Å². The average molecular weight is 171 g/mol. The molecule has 0 aromatic rings. The molecular formula is C10H21NO. The largest absolute Gasteiger partial charge is 0.389 e. The quantitative estimate of drug-likeness (QED) is 0.678. The lowest BCUT2D eigenvalue weighted by atomic mass is 10.0. The highest BCUT2D eigenvalue weighted by molar-refractivity contribution is 4.82. The van der Waals surface area contributed by atoms with Crippen LogP contribution in [0.3, 0.4) is 0 Å². The Hall–Kier alpha value is -0.0800. The van der Waals surface area contributed by atoms with Gasteiger partial charge in [0.25, 0.3) is 0 Å². The third-order valence-corrected chi connectivity index (χ3v) is 2.67. The Kier molecular flexibility index (Phi) is 2.79. The molecule has 2 unspecified atom stereocenters.